The van der Waals surface area contributed by atoms with Crippen molar-refractivity contribution in [2.45, 2.75) is 42.6 Å². The van der Waals surface area contributed by atoms with Gasteiger partial charge in [-0.25, -0.2) is 13.1 Å². The Balaban J connectivity index is 2.15. The molecule has 5 nitrogen and oxygen atoms in total. The summed E-state index contributed by atoms with van der Waals surface area (Å²) in [5.41, 5.74) is 0.667. The summed E-state index contributed by atoms with van der Waals surface area (Å²) in [6.07, 6.45) is 5.69. The summed E-state index contributed by atoms with van der Waals surface area (Å²) >= 11 is 1.62. The van der Waals surface area contributed by atoms with E-state index in [-0.39, 0.29) is 16.8 Å². The van der Waals surface area contributed by atoms with Gasteiger partial charge in [-0.2, -0.15) is 11.8 Å². The highest BCUT2D eigenvalue weighted by molar-refractivity contribution is 7.99. The molecule has 1 aliphatic carbocycles. The van der Waals surface area contributed by atoms with Gasteiger partial charge in [0.15, 0.2) is 0 Å². The van der Waals surface area contributed by atoms with Crippen LogP contribution in [-0.2, 0) is 16.6 Å². The lowest BCUT2D eigenvalue weighted by molar-refractivity contribution is 0.270. The number of aliphatic hydroxyl groups is 1. The zero-order valence-electron chi connectivity index (χ0n) is 11.2. The van der Waals surface area contributed by atoms with Gasteiger partial charge in [-0.05, 0) is 25.2 Å². The molecule has 1 aromatic heterocycles. The van der Waals surface area contributed by atoms with Crippen LogP contribution in [0.2, 0.25) is 0 Å². The number of hydrogen-bond donors (Lipinski definition) is 2. The largest absolute Gasteiger partial charge is 0.390 e. The van der Waals surface area contributed by atoms with E-state index in [0.29, 0.717) is 18.3 Å². The fourth-order valence-electron chi connectivity index (χ4n) is 1.86. The maximum atomic E-state index is 12.2. The highest BCUT2D eigenvalue weighted by Gasteiger charge is 2.28. The summed E-state index contributed by atoms with van der Waals surface area (Å²) in [6.45, 7) is 2.25. The van der Waals surface area contributed by atoms with Crippen molar-refractivity contribution in [1.29, 1.82) is 0 Å². The number of thioether (sulfide) groups is 1. The Bertz CT molecular complexity index is 535. The summed E-state index contributed by atoms with van der Waals surface area (Å²) in [4.78, 5) is 0.247. The van der Waals surface area contributed by atoms with E-state index in [9.17, 15) is 13.5 Å². The Morgan fingerprint density at radius 2 is 2.26 bits per heavy atom. The second-order valence-electron chi connectivity index (χ2n) is 4.86. The topological polar surface area (TPSA) is 71.3 Å². The first kappa shape index (κ1) is 14.9. The molecule has 0 amide bonds. The average Bonchev–Trinajstić information content (AvgIpc) is 3.14. The van der Waals surface area contributed by atoms with Gasteiger partial charge in [-0.15, -0.1) is 0 Å². The van der Waals surface area contributed by atoms with Crippen LogP contribution < -0.4 is 4.72 Å². The highest BCUT2D eigenvalue weighted by Crippen LogP contribution is 2.37. The Hall–Kier alpha value is -0.500. The fourth-order valence-corrected chi connectivity index (χ4v) is 3.39. The number of hydrogen-bond acceptors (Lipinski definition) is 4. The maximum Gasteiger partial charge on any atom is 0.242 e. The summed E-state index contributed by atoms with van der Waals surface area (Å²) in [6, 6.07) is 1.92. The molecule has 0 spiro atoms. The second kappa shape index (κ2) is 5.87. The van der Waals surface area contributed by atoms with Gasteiger partial charge in [0.05, 0.1) is 11.5 Å². The smallest absolute Gasteiger partial charge is 0.242 e. The molecule has 0 saturated heterocycles. The Morgan fingerprint density at radius 1 is 1.58 bits per heavy atom. The van der Waals surface area contributed by atoms with Crippen molar-refractivity contribution in [3.05, 3.63) is 18.0 Å². The van der Waals surface area contributed by atoms with E-state index < -0.39 is 10.0 Å². The third-order valence-corrected chi connectivity index (χ3v) is 5.64. The molecule has 1 heterocycles. The second-order valence-corrected chi connectivity index (χ2v) is 7.91. The molecular formula is C12H20N2O3S2. The molecule has 0 radical (unpaired) electrons. The molecule has 1 atom stereocenters. The molecule has 1 unspecified atom stereocenters. The molecule has 19 heavy (non-hydrogen) atoms. The van der Waals surface area contributed by atoms with Crippen molar-refractivity contribution in [3.8, 4) is 0 Å². The van der Waals surface area contributed by atoms with Crippen molar-refractivity contribution < 1.29 is 13.5 Å². The van der Waals surface area contributed by atoms with E-state index in [4.69, 9.17) is 0 Å². The number of aliphatic hydroxyl groups excluding tert-OH is 1. The molecule has 108 valence electrons. The van der Waals surface area contributed by atoms with Crippen LogP contribution in [0.15, 0.2) is 17.2 Å². The molecule has 1 fully saturated rings. The standard InChI is InChI=1S/C12H20N2O3S2/c1-9(18-2)6-13-19(16,17)12-5-11(8-15)14(7-12)10-3-4-10/h5,7,9-10,13,15H,3-4,6,8H2,1-2H3. The molecule has 1 saturated carbocycles. The lowest BCUT2D eigenvalue weighted by Crippen LogP contribution is -2.29. The first-order valence-corrected chi connectivity index (χ1v) is 9.09. The van der Waals surface area contributed by atoms with Gasteiger partial charge in [0, 0.05) is 29.7 Å². The monoisotopic (exact) mass is 304 g/mol. The van der Waals surface area contributed by atoms with Crippen LogP contribution in [0, 0.1) is 0 Å². The van der Waals surface area contributed by atoms with E-state index >= 15 is 0 Å². The zero-order valence-corrected chi connectivity index (χ0v) is 12.8. The Morgan fingerprint density at radius 3 is 2.79 bits per heavy atom. The van der Waals surface area contributed by atoms with E-state index in [2.05, 4.69) is 4.72 Å². The van der Waals surface area contributed by atoms with Crippen molar-refractivity contribution in [2.75, 3.05) is 12.8 Å². The number of aromatic nitrogens is 1. The van der Waals surface area contributed by atoms with Crippen LogP contribution in [-0.4, -0.2) is 36.1 Å². The number of sulfonamides is 1. The van der Waals surface area contributed by atoms with Crippen molar-refractivity contribution in [3.63, 3.8) is 0 Å². The first-order chi connectivity index (χ1) is 8.97. The van der Waals surface area contributed by atoms with Gasteiger partial charge in [0.2, 0.25) is 10.0 Å². The lowest BCUT2D eigenvalue weighted by atomic mass is 10.4. The quantitative estimate of drug-likeness (QED) is 0.797. The molecule has 2 N–H and O–H groups in total. The summed E-state index contributed by atoms with van der Waals surface area (Å²) in [5, 5.41) is 9.52. The molecular weight excluding hydrogens is 284 g/mol. The van der Waals surface area contributed by atoms with Gasteiger partial charge in [-0.3, -0.25) is 0 Å². The molecule has 1 aliphatic rings. The third kappa shape index (κ3) is 3.53. The van der Waals surface area contributed by atoms with E-state index in [1.165, 1.54) is 0 Å². The zero-order chi connectivity index (χ0) is 14.0. The minimum absolute atomic E-state index is 0.132. The first-order valence-electron chi connectivity index (χ1n) is 6.32. The minimum Gasteiger partial charge on any atom is -0.390 e. The molecule has 0 aromatic carbocycles. The lowest BCUT2D eigenvalue weighted by Gasteiger charge is -2.09. The van der Waals surface area contributed by atoms with Crippen LogP contribution >= 0.6 is 11.8 Å². The predicted octanol–water partition coefficient (Wildman–Crippen LogP) is 1.35. The Labute approximate surface area is 118 Å². The van der Waals surface area contributed by atoms with Gasteiger partial charge in [-0.1, -0.05) is 6.92 Å². The molecule has 2 rings (SSSR count). The van der Waals surface area contributed by atoms with Crippen LogP contribution in [0.1, 0.15) is 31.5 Å². The van der Waals surface area contributed by atoms with Gasteiger partial charge >= 0.3 is 0 Å². The molecule has 7 heteroatoms. The van der Waals surface area contributed by atoms with E-state index in [1.54, 1.807) is 24.0 Å². The van der Waals surface area contributed by atoms with Gasteiger partial charge in [0.25, 0.3) is 0 Å². The summed E-state index contributed by atoms with van der Waals surface area (Å²) in [7, 11) is -3.48. The summed E-state index contributed by atoms with van der Waals surface area (Å²) in [5.74, 6) is 0. The normalized spacial score (nSPS) is 17.6. The van der Waals surface area contributed by atoms with Crippen LogP contribution in [0.5, 0.6) is 0 Å². The van der Waals surface area contributed by atoms with Gasteiger partial charge in [0.1, 0.15) is 0 Å². The minimum atomic E-state index is -3.48. The van der Waals surface area contributed by atoms with Crippen LogP contribution in [0.3, 0.4) is 0 Å². The van der Waals surface area contributed by atoms with E-state index in [0.717, 1.165) is 12.8 Å². The Kier molecular flexibility index (Phi) is 4.60. The number of nitrogens with one attached hydrogen (secondary N) is 1. The predicted molar refractivity (Wildman–Crippen MR) is 76.8 cm³/mol. The third-order valence-electron chi connectivity index (χ3n) is 3.28. The SMILES string of the molecule is CSC(C)CNS(=O)(=O)c1cc(CO)n(C2CC2)c1. The average molecular weight is 304 g/mol. The molecule has 1 aromatic rings. The van der Waals surface area contributed by atoms with Crippen molar-refractivity contribution in [2.24, 2.45) is 0 Å². The van der Waals surface area contributed by atoms with Crippen molar-refractivity contribution >= 4 is 21.8 Å². The van der Waals surface area contributed by atoms with E-state index in [1.807, 2.05) is 17.7 Å². The van der Waals surface area contributed by atoms with Gasteiger partial charge < -0.3 is 9.67 Å². The van der Waals surface area contributed by atoms with Crippen molar-refractivity contribution in [1.82, 2.24) is 9.29 Å². The van der Waals surface area contributed by atoms with Crippen LogP contribution in [0.25, 0.3) is 0 Å². The number of nitrogens with zero attached hydrogens (tertiary/aromatic N) is 1. The highest BCUT2D eigenvalue weighted by atomic mass is 32.2. The fraction of sp³-hybridized carbons (Fsp3) is 0.667. The molecule has 0 aliphatic heterocycles. The maximum absolute atomic E-state index is 12.2. The summed E-state index contributed by atoms with van der Waals surface area (Å²) < 4.78 is 28.8. The van der Waals surface area contributed by atoms with Crippen LogP contribution in [0.4, 0.5) is 0 Å². The molecule has 0 bridgehead atoms. The number of rotatable bonds is 7.